The van der Waals surface area contributed by atoms with E-state index in [9.17, 15) is 4.79 Å². The largest absolute Gasteiger partial charge is 0.492 e. The molecule has 3 aromatic rings. The number of fused-ring (bicyclic) bond motifs is 4. The minimum Gasteiger partial charge on any atom is -0.492 e. The zero-order valence-corrected chi connectivity index (χ0v) is 21.5. The molecule has 38 heavy (non-hydrogen) atoms. The number of carbonyl (C=O) groups excluding carboxylic acids is 1. The van der Waals surface area contributed by atoms with Crippen LogP contribution in [0.25, 0.3) is 11.1 Å². The molecule has 6 rings (SSSR count). The van der Waals surface area contributed by atoms with Gasteiger partial charge in [-0.3, -0.25) is 4.79 Å². The van der Waals surface area contributed by atoms with Crippen LogP contribution >= 0.6 is 0 Å². The second-order valence-corrected chi connectivity index (χ2v) is 10.2. The first-order valence-electron chi connectivity index (χ1n) is 13.2. The van der Waals surface area contributed by atoms with Crippen molar-refractivity contribution in [2.45, 2.75) is 50.7 Å². The van der Waals surface area contributed by atoms with Crippen molar-refractivity contribution < 1.29 is 32.9 Å². The Kier molecular flexibility index (Phi) is 6.94. The zero-order chi connectivity index (χ0) is 26.1. The Balaban J connectivity index is 1.20. The van der Waals surface area contributed by atoms with Crippen LogP contribution in [0.15, 0.2) is 48.5 Å². The molecule has 0 amide bonds. The van der Waals surface area contributed by atoms with Crippen LogP contribution in [-0.4, -0.2) is 39.0 Å². The lowest BCUT2D eigenvalue weighted by Crippen LogP contribution is -2.15. The first kappa shape index (κ1) is 24.7. The van der Waals surface area contributed by atoms with Crippen molar-refractivity contribution in [1.82, 2.24) is 0 Å². The second-order valence-electron chi connectivity index (χ2n) is 10.2. The molecule has 0 N–H and O–H groups in total. The van der Waals surface area contributed by atoms with E-state index in [1.54, 1.807) is 12.1 Å². The monoisotopic (exact) mass is 518 g/mol. The van der Waals surface area contributed by atoms with Gasteiger partial charge in [0.1, 0.15) is 35.8 Å². The molecular weight excluding hydrogens is 487 g/mol. The highest BCUT2D eigenvalue weighted by molar-refractivity contribution is 5.73. The van der Waals surface area contributed by atoms with Gasteiger partial charge in [-0.05, 0) is 71.8 Å². The molecule has 1 fully saturated rings. The molecule has 2 atom stereocenters. The SMILES string of the molecule is COC(=O)C[C@@H]1COc2cc(OCc3cc4c(cc3F)CCCc3cc(O[C@@H]5CCOC5)ccc3-4)ccc21. The summed E-state index contributed by atoms with van der Waals surface area (Å²) in [5.74, 6) is 1.58. The van der Waals surface area contributed by atoms with Crippen LogP contribution in [0, 0.1) is 5.82 Å². The van der Waals surface area contributed by atoms with Crippen LogP contribution in [0.1, 0.15) is 47.4 Å². The molecular formula is C31H31FO6. The summed E-state index contributed by atoms with van der Waals surface area (Å²) in [5.41, 5.74) is 5.87. The molecule has 2 heterocycles. The predicted molar refractivity (Wildman–Crippen MR) is 139 cm³/mol. The summed E-state index contributed by atoms with van der Waals surface area (Å²) < 4.78 is 43.2. The number of aryl methyl sites for hydroxylation is 2. The number of esters is 1. The minimum absolute atomic E-state index is 0.0361. The van der Waals surface area contributed by atoms with E-state index < -0.39 is 0 Å². The van der Waals surface area contributed by atoms with Gasteiger partial charge in [-0.2, -0.15) is 0 Å². The van der Waals surface area contributed by atoms with Gasteiger partial charge in [0.2, 0.25) is 0 Å². The molecule has 3 aliphatic rings. The molecule has 3 aromatic carbocycles. The molecule has 0 aromatic heterocycles. The quantitative estimate of drug-likeness (QED) is 0.370. The van der Waals surface area contributed by atoms with E-state index in [1.807, 2.05) is 24.3 Å². The minimum atomic E-state index is -0.265. The van der Waals surface area contributed by atoms with Crippen molar-refractivity contribution in [3.8, 4) is 28.4 Å². The third-order valence-electron chi connectivity index (χ3n) is 7.62. The summed E-state index contributed by atoms with van der Waals surface area (Å²) in [6.07, 6.45) is 3.98. The maximum Gasteiger partial charge on any atom is 0.306 e. The molecule has 0 bridgehead atoms. The van der Waals surface area contributed by atoms with Crippen LogP contribution in [-0.2, 0) is 33.7 Å². The first-order chi connectivity index (χ1) is 18.6. The summed E-state index contributed by atoms with van der Waals surface area (Å²) in [7, 11) is 1.38. The van der Waals surface area contributed by atoms with Crippen LogP contribution in [0.3, 0.4) is 0 Å². The number of halogens is 1. The maximum absolute atomic E-state index is 15.1. The summed E-state index contributed by atoms with van der Waals surface area (Å²) >= 11 is 0. The average molecular weight is 519 g/mol. The topological polar surface area (TPSA) is 63.2 Å². The molecule has 0 spiro atoms. The van der Waals surface area contributed by atoms with Gasteiger partial charge in [0.05, 0.1) is 33.4 Å². The number of hydrogen-bond acceptors (Lipinski definition) is 6. The predicted octanol–water partition coefficient (Wildman–Crippen LogP) is 5.77. The molecule has 0 saturated carbocycles. The van der Waals surface area contributed by atoms with Gasteiger partial charge < -0.3 is 23.7 Å². The number of benzene rings is 3. The Morgan fingerprint density at radius 1 is 1.00 bits per heavy atom. The molecule has 1 saturated heterocycles. The fourth-order valence-electron chi connectivity index (χ4n) is 5.57. The van der Waals surface area contributed by atoms with E-state index in [4.69, 9.17) is 23.7 Å². The third-order valence-corrected chi connectivity index (χ3v) is 7.62. The van der Waals surface area contributed by atoms with E-state index in [2.05, 4.69) is 12.1 Å². The highest BCUT2D eigenvalue weighted by Gasteiger charge is 2.27. The Bertz CT molecular complexity index is 1350. The van der Waals surface area contributed by atoms with Crippen molar-refractivity contribution >= 4 is 5.97 Å². The van der Waals surface area contributed by atoms with E-state index in [0.717, 1.165) is 60.3 Å². The average Bonchev–Trinajstić information content (AvgIpc) is 3.54. The van der Waals surface area contributed by atoms with E-state index in [1.165, 1.54) is 12.7 Å². The standard InChI is InChI=1S/C31H31FO6/c1-34-31(33)14-21-16-37-30-15-23(5-8-27(21)30)36-17-22-12-28-20(13-29(22)32)4-2-3-19-11-24(6-7-26(19)28)38-25-9-10-35-18-25/h5-8,11-13,15,21,25H,2-4,9-10,14,16-18H2,1H3/t21-,25-/m1/s1. The lowest BCUT2D eigenvalue weighted by molar-refractivity contribution is -0.141. The fourth-order valence-corrected chi connectivity index (χ4v) is 5.57. The third kappa shape index (κ3) is 5.07. The lowest BCUT2D eigenvalue weighted by atomic mass is 9.94. The normalized spacial score (nSPS) is 19.5. The lowest BCUT2D eigenvalue weighted by Gasteiger charge is -2.16. The molecule has 0 unspecified atom stereocenters. The molecule has 6 nitrogen and oxygen atoms in total. The number of rotatable bonds is 7. The van der Waals surface area contributed by atoms with Gasteiger partial charge in [0, 0.05) is 29.5 Å². The maximum atomic E-state index is 15.1. The number of methoxy groups -OCH3 is 1. The van der Waals surface area contributed by atoms with Gasteiger partial charge in [-0.1, -0.05) is 12.1 Å². The molecule has 7 heteroatoms. The second kappa shape index (κ2) is 10.7. The zero-order valence-electron chi connectivity index (χ0n) is 21.5. The fraction of sp³-hybridized carbons (Fsp3) is 0.387. The Hall–Kier alpha value is -3.58. The van der Waals surface area contributed by atoms with Crippen LogP contribution in [0.5, 0.6) is 17.2 Å². The Morgan fingerprint density at radius 3 is 2.66 bits per heavy atom. The number of carbonyl (C=O) groups is 1. The van der Waals surface area contributed by atoms with Crippen LogP contribution in [0.2, 0.25) is 0 Å². The van der Waals surface area contributed by atoms with Gasteiger partial charge in [0.25, 0.3) is 0 Å². The summed E-state index contributed by atoms with van der Waals surface area (Å²) in [6, 6.07) is 15.4. The van der Waals surface area contributed by atoms with Gasteiger partial charge in [-0.25, -0.2) is 4.39 Å². The van der Waals surface area contributed by atoms with Gasteiger partial charge in [0.15, 0.2) is 0 Å². The van der Waals surface area contributed by atoms with Gasteiger partial charge in [-0.15, -0.1) is 0 Å². The molecule has 0 radical (unpaired) electrons. The van der Waals surface area contributed by atoms with E-state index in [-0.39, 0.29) is 36.8 Å². The van der Waals surface area contributed by atoms with Crippen molar-refractivity contribution in [3.05, 3.63) is 76.6 Å². The smallest absolute Gasteiger partial charge is 0.306 e. The summed E-state index contributed by atoms with van der Waals surface area (Å²) in [5, 5.41) is 0. The van der Waals surface area contributed by atoms with Crippen molar-refractivity contribution in [2.24, 2.45) is 0 Å². The van der Waals surface area contributed by atoms with Gasteiger partial charge >= 0.3 is 5.97 Å². The summed E-state index contributed by atoms with van der Waals surface area (Å²) in [4.78, 5) is 11.7. The number of ether oxygens (including phenoxy) is 5. The summed E-state index contributed by atoms with van der Waals surface area (Å²) in [6.45, 7) is 1.90. The number of hydrogen-bond donors (Lipinski definition) is 0. The Labute approximate surface area is 221 Å². The van der Waals surface area contributed by atoms with Crippen molar-refractivity contribution in [3.63, 3.8) is 0 Å². The molecule has 1 aliphatic carbocycles. The van der Waals surface area contributed by atoms with E-state index in [0.29, 0.717) is 30.3 Å². The van der Waals surface area contributed by atoms with Crippen molar-refractivity contribution in [2.75, 3.05) is 26.9 Å². The van der Waals surface area contributed by atoms with Crippen molar-refractivity contribution in [1.29, 1.82) is 0 Å². The first-order valence-corrected chi connectivity index (χ1v) is 13.2. The highest BCUT2D eigenvalue weighted by atomic mass is 19.1. The molecule has 198 valence electrons. The molecule has 2 aliphatic heterocycles. The van der Waals surface area contributed by atoms with Crippen LogP contribution < -0.4 is 14.2 Å². The highest BCUT2D eigenvalue weighted by Crippen LogP contribution is 2.39. The Morgan fingerprint density at radius 2 is 1.84 bits per heavy atom. The van der Waals surface area contributed by atoms with E-state index >= 15 is 4.39 Å². The van der Waals surface area contributed by atoms with Crippen LogP contribution in [0.4, 0.5) is 4.39 Å².